The lowest BCUT2D eigenvalue weighted by Gasteiger charge is -2.10. The van der Waals surface area contributed by atoms with Crippen molar-refractivity contribution in [2.45, 2.75) is 84.0 Å². The number of nitrogens with one attached hydrogen (secondary N) is 1. The highest BCUT2D eigenvalue weighted by molar-refractivity contribution is 6.04. The lowest BCUT2D eigenvalue weighted by Crippen LogP contribution is -2.17. The number of hydrazone groups is 1. The molecular weight excluding hydrogens is 460 g/mol. The standard InChI is InChI=1S/C32H40N2O3/c1-2-3-4-5-6-7-8-9-10-11-15-22-31(35)34-33-25-29-28-21-17-16-18-26(28)23-24-30(29)37-32(36)27-19-13-12-14-20-27/h12-14,16-21,23-25H,2-11,15,22H2,1H3,(H,34,35). The summed E-state index contributed by atoms with van der Waals surface area (Å²) in [5.41, 5.74) is 3.76. The van der Waals surface area contributed by atoms with Crippen molar-refractivity contribution in [1.29, 1.82) is 0 Å². The van der Waals surface area contributed by atoms with Crippen LogP contribution in [0.15, 0.2) is 71.8 Å². The summed E-state index contributed by atoms with van der Waals surface area (Å²) >= 11 is 0. The Morgan fingerprint density at radius 3 is 2.08 bits per heavy atom. The molecule has 3 aromatic carbocycles. The minimum Gasteiger partial charge on any atom is -0.422 e. The van der Waals surface area contributed by atoms with Gasteiger partial charge in [-0.1, -0.05) is 120 Å². The summed E-state index contributed by atoms with van der Waals surface area (Å²) < 4.78 is 5.70. The number of fused-ring (bicyclic) bond motifs is 1. The molecule has 5 nitrogen and oxygen atoms in total. The third-order valence-corrected chi connectivity index (χ3v) is 6.53. The zero-order chi connectivity index (χ0) is 26.1. The van der Waals surface area contributed by atoms with Gasteiger partial charge in [0.2, 0.25) is 5.91 Å². The number of benzene rings is 3. The maximum atomic E-state index is 12.6. The van der Waals surface area contributed by atoms with E-state index in [-0.39, 0.29) is 5.91 Å². The molecule has 0 fully saturated rings. The molecule has 0 saturated carbocycles. The third-order valence-electron chi connectivity index (χ3n) is 6.53. The van der Waals surface area contributed by atoms with Gasteiger partial charge in [-0.3, -0.25) is 4.79 Å². The molecule has 1 amide bonds. The highest BCUT2D eigenvalue weighted by Gasteiger charge is 2.13. The number of amides is 1. The predicted octanol–water partition coefficient (Wildman–Crippen LogP) is 8.21. The molecule has 196 valence electrons. The molecule has 5 heteroatoms. The Hall–Kier alpha value is -3.47. The highest BCUT2D eigenvalue weighted by atomic mass is 16.5. The summed E-state index contributed by atoms with van der Waals surface area (Å²) in [6.45, 7) is 2.25. The first-order valence-electron chi connectivity index (χ1n) is 13.8. The van der Waals surface area contributed by atoms with E-state index >= 15 is 0 Å². The van der Waals surface area contributed by atoms with Crippen molar-refractivity contribution in [2.75, 3.05) is 0 Å². The average Bonchev–Trinajstić information content (AvgIpc) is 2.93. The molecule has 0 aliphatic carbocycles. The Balaban J connectivity index is 1.46. The molecular formula is C32H40N2O3. The first-order valence-corrected chi connectivity index (χ1v) is 13.8. The van der Waals surface area contributed by atoms with E-state index in [4.69, 9.17) is 4.74 Å². The second kappa shape index (κ2) is 16.3. The fraction of sp³-hybridized carbons (Fsp3) is 0.406. The number of rotatable bonds is 16. The van der Waals surface area contributed by atoms with Crippen LogP contribution in [0.5, 0.6) is 5.75 Å². The number of esters is 1. The second-order valence-electron chi connectivity index (χ2n) is 9.53. The van der Waals surface area contributed by atoms with Crippen molar-refractivity contribution in [3.63, 3.8) is 0 Å². The largest absolute Gasteiger partial charge is 0.422 e. The van der Waals surface area contributed by atoms with Gasteiger partial charge in [-0.25, -0.2) is 10.2 Å². The van der Waals surface area contributed by atoms with Crippen molar-refractivity contribution in [1.82, 2.24) is 5.43 Å². The van der Waals surface area contributed by atoms with Gasteiger partial charge < -0.3 is 4.74 Å². The summed E-state index contributed by atoms with van der Waals surface area (Å²) in [6, 6.07) is 20.4. The van der Waals surface area contributed by atoms with Crippen LogP contribution in [-0.2, 0) is 4.79 Å². The highest BCUT2D eigenvalue weighted by Crippen LogP contribution is 2.27. The molecule has 0 spiro atoms. The van der Waals surface area contributed by atoms with Gasteiger partial charge in [0.05, 0.1) is 11.8 Å². The first-order chi connectivity index (χ1) is 18.2. The normalized spacial score (nSPS) is 11.2. The summed E-state index contributed by atoms with van der Waals surface area (Å²) in [4.78, 5) is 24.9. The lowest BCUT2D eigenvalue weighted by atomic mass is 10.0. The van der Waals surface area contributed by atoms with Gasteiger partial charge in [0.15, 0.2) is 0 Å². The van der Waals surface area contributed by atoms with Crippen molar-refractivity contribution in [3.8, 4) is 5.75 Å². The maximum absolute atomic E-state index is 12.6. The van der Waals surface area contributed by atoms with Crippen LogP contribution in [-0.4, -0.2) is 18.1 Å². The Bertz CT molecular complexity index is 1140. The molecule has 3 rings (SSSR count). The van der Waals surface area contributed by atoms with Gasteiger partial charge in [-0.05, 0) is 35.4 Å². The lowest BCUT2D eigenvalue weighted by molar-refractivity contribution is -0.121. The Kier molecular flexibility index (Phi) is 12.4. The van der Waals surface area contributed by atoms with Crippen LogP contribution in [0.1, 0.15) is 99.9 Å². The van der Waals surface area contributed by atoms with E-state index in [1.165, 1.54) is 57.8 Å². The Morgan fingerprint density at radius 1 is 0.757 bits per heavy atom. The minimum absolute atomic E-state index is 0.102. The Morgan fingerprint density at radius 2 is 1.38 bits per heavy atom. The maximum Gasteiger partial charge on any atom is 0.343 e. The molecule has 0 aromatic heterocycles. The fourth-order valence-corrected chi connectivity index (χ4v) is 4.41. The number of carbonyl (C=O) groups excluding carboxylic acids is 2. The predicted molar refractivity (Wildman–Crippen MR) is 152 cm³/mol. The fourth-order valence-electron chi connectivity index (χ4n) is 4.41. The molecule has 0 heterocycles. The molecule has 0 radical (unpaired) electrons. The van der Waals surface area contributed by atoms with E-state index in [1.54, 1.807) is 36.5 Å². The van der Waals surface area contributed by atoms with E-state index in [2.05, 4.69) is 17.5 Å². The van der Waals surface area contributed by atoms with Crippen LogP contribution in [0.2, 0.25) is 0 Å². The number of ether oxygens (including phenoxy) is 1. The van der Waals surface area contributed by atoms with Crippen LogP contribution >= 0.6 is 0 Å². The van der Waals surface area contributed by atoms with E-state index < -0.39 is 5.97 Å². The van der Waals surface area contributed by atoms with Gasteiger partial charge in [0, 0.05) is 12.0 Å². The Labute approximate surface area is 221 Å². The van der Waals surface area contributed by atoms with E-state index in [0.717, 1.165) is 23.6 Å². The van der Waals surface area contributed by atoms with Crippen molar-refractivity contribution >= 4 is 28.9 Å². The van der Waals surface area contributed by atoms with Gasteiger partial charge in [0.25, 0.3) is 0 Å². The molecule has 0 saturated heterocycles. The minimum atomic E-state index is -0.439. The van der Waals surface area contributed by atoms with Crippen molar-refractivity contribution < 1.29 is 14.3 Å². The molecule has 0 unspecified atom stereocenters. The third kappa shape index (κ3) is 9.83. The quantitative estimate of drug-likeness (QED) is 0.0708. The zero-order valence-electron chi connectivity index (χ0n) is 22.1. The monoisotopic (exact) mass is 500 g/mol. The van der Waals surface area contributed by atoms with Crippen LogP contribution in [0.3, 0.4) is 0 Å². The van der Waals surface area contributed by atoms with Crippen LogP contribution in [0.25, 0.3) is 10.8 Å². The summed E-state index contributed by atoms with van der Waals surface area (Å²) in [7, 11) is 0. The van der Waals surface area contributed by atoms with E-state index in [0.29, 0.717) is 23.3 Å². The number of hydrogen-bond donors (Lipinski definition) is 1. The molecule has 0 atom stereocenters. The first kappa shape index (κ1) is 28.1. The zero-order valence-corrected chi connectivity index (χ0v) is 22.1. The summed E-state index contributed by atoms with van der Waals surface area (Å²) in [5.74, 6) is -0.141. The van der Waals surface area contributed by atoms with Crippen LogP contribution in [0, 0.1) is 0 Å². The van der Waals surface area contributed by atoms with E-state index in [1.807, 2.05) is 36.4 Å². The number of hydrogen-bond acceptors (Lipinski definition) is 4. The summed E-state index contributed by atoms with van der Waals surface area (Å²) in [6.07, 6.45) is 15.8. The summed E-state index contributed by atoms with van der Waals surface area (Å²) in [5, 5.41) is 6.08. The second-order valence-corrected chi connectivity index (χ2v) is 9.53. The van der Waals surface area contributed by atoms with E-state index in [9.17, 15) is 9.59 Å². The van der Waals surface area contributed by atoms with Gasteiger partial charge >= 0.3 is 5.97 Å². The number of unbranched alkanes of at least 4 members (excludes halogenated alkanes) is 10. The molecule has 0 aliphatic rings. The molecule has 37 heavy (non-hydrogen) atoms. The van der Waals surface area contributed by atoms with Crippen LogP contribution in [0.4, 0.5) is 0 Å². The van der Waals surface area contributed by atoms with Gasteiger partial charge in [-0.15, -0.1) is 0 Å². The van der Waals surface area contributed by atoms with Gasteiger partial charge in [0.1, 0.15) is 5.75 Å². The molecule has 0 bridgehead atoms. The number of nitrogens with zero attached hydrogens (tertiary/aromatic N) is 1. The molecule has 1 N–H and O–H groups in total. The average molecular weight is 501 g/mol. The smallest absolute Gasteiger partial charge is 0.343 e. The SMILES string of the molecule is CCCCCCCCCCCCCC(=O)NN=Cc1c(OC(=O)c2ccccc2)ccc2ccccc12. The van der Waals surface area contributed by atoms with Crippen molar-refractivity contribution in [2.24, 2.45) is 5.10 Å². The van der Waals surface area contributed by atoms with Crippen molar-refractivity contribution in [3.05, 3.63) is 77.9 Å². The topological polar surface area (TPSA) is 67.8 Å². The van der Waals surface area contributed by atoms with Crippen LogP contribution < -0.4 is 10.2 Å². The molecule has 0 aliphatic heterocycles. The van der Waals surface area contributed by atoms with Gasteiger partial charge in [-0.2, -0.15) is 5.10 Å². The number of carbonyl (C=O) groups is 2. The molecule has 3 aromatic rings.